The maximum atomic E-state index is 13.7. The predicted octanol–water partition coefficient (Wildman–Crippen LogP) is 2.39. The summed E-state index contributed by atoms with van der Waals surface area (Å²) >= 11 is 5.95. The normalized spacial score (nSPS) is 19.5. The number of amides is 2. The second-order valence-corrected chi connectivity index (χ2v) is 10.6. The van der Waals surface area contributed by atoms with E-state index < -0.39 is 27.9 Å². The van der Waals surface area contributed by atoms with E-state index in [0.717, 1.165) is 9.21 Å². The number of anilines is 1. The van der Waals surface area contributed by atoms with Crippen molar-refractivity contribution in [2.75, 3.05) is 50.9 Å². The lowest BCUT2D eigenvalue weighted by molar-refractivity contribution is -0.122. The van der Waals surface area contributed by atoms with E-state index in [0.29, 0.717) is 55.9 Å². The second-order valence-electron chi connectivity index (χ2n) is 8.24. The van der Waals surface area contributed by atoms with Gasteiger partial charge in [0.1, 0.15) is 11.8 Å². The zero-order valence-electron chi connectivity index (χ0n) is 19.4. The summed E-state index contributed by atoms with van der Waals surface area (Å²) in [6, 6.07) is 11.2. The summed E-state index contributed by atoms with van der Waals surface area (Å²) in [4.78, 5) is 29.6. The van der Waals surface area contributed by atoms with Crippen molar-refractivity contribution in [3.05, 3.63) is 53.6 Å². The van der Waals surface area contributed by atoms with Gasteiger partial charge in [-0.25, -0.2) is 13.3 Å². The molecule has 2 aliphatic rings. The van der Waals surface area contributed by atoms with Gasteiger partial charge >= 0.3 is 0 Å². The van der Waals surface area contributed by atoms with Crippen LogP contribution in [0.25, 0.3) is 0 Å². The van der Waals surface area contributed by atoms with Crippen LogP contribution < -0.4 is 9.64 Å². The van der Waals surface area contributed by atoms with Gasteiger partial charge in [-0.05, 0) is 55.5 Å². The van der Waals surface area contributed by atoms with Crippen LogP contribution in [-0.4, -0.2) is 81.5 Å². The summed E-state index contributed by atoms with van der Waals surface area (Å²) in [5, 5.41) is 0.401. The number of imide groups is 1. The van der Waals surface area contributed by atoms with Crippen molar-refractivity contribution in [2.24, 2.45) is 0 Å². The Hall–Kier alpha value is -2.50. The zero-order valence-corrected chi connectivity index (χ0v) is 21.0. The van der Waals surface area contributed by atoms with E-state index in [-0.39, 0.29) is 17.9 Å². The van der Waals surface area contributed by atoms with Crippen molar-refractivity contribution in [1.82, 2.24) is 9.21 Å². The highest BCUT2D eigenvalue weighted by Gasteiger charge is 2.47. The van der Waals surface area contributed by atoms with E-state index in [1.165, 1.54) is 24.3 Å². The SMILES string of the molecule is CCOc1ccc(N2C(=O)CC(N(CCN3CCOCC3)S(=O)(=O)c3ccc(Cl)cc3)C2=O)cc1. The van der Waals surface area contributed by atoms with Gasteiger partial charge in [-0.15, -0.1) is 0 Å². The fourth-order valence-corrected chi connectivity index (χ4v) is 5.92. The zero-order chi connectivity index (χ0) is 25.0. The average Bonchev–Trinajstić information content (AvgIpc) is 3.14. The van der Waals surface area contributed by atoms with E-state index in [4.69, 9.17) is 21.1 Å². The number of hydrogen-bond acceptors (Lipinski definition) is 7. The third-order valence-corrected chi connectivity index (χ3v) is 8.21. The largest absolute Gasteiger partial charge is 0.494 e. The maximum Gasteiger partial charge on any atom is 0.252 e. The van der Waals surface area contributed by atoms with Gasteiger partial charge in [0.15, 0.2) is 0 Å². The van der Waals surface area contributed by atoms with Gasteiger partial charge in [0.2, 0.25) is 15.9 Å². The van der Waals surface area contributed by atoms with Gasteiger partial charge in [0, 0.05) is 31.2 Å². The summed E-state index contributed by atoms with van der Waals surface area (Å²) in [7, 11) is -4.08. The molecule has 0 aromatic heterocycles. The highest BCUT2D eigenvalue weighted by atomic mass is 35.5. The van der Waals surface area contributed by atoms with Gasteiger partial charge in [-0.1, -0.05) is 11.6 Å². The molecule has 2 aliphatic heterocycles. The number of rotatable bonds is 9. The van der Waals surface area contributed by atoms with Crippen LogP contribution in [0.1, 0.15) is 13.3 Å². The molecule has 0 aliphatic carbocycles. The number of sulfonamides is 1. The third-order valence-electron chi connectivity index (χ3n) is 6.04. The second kappa shape index (κ2) is 11.0. The molecular weight excluding hydrogens is 494 g/mol. The van der Waals surface area contributed by atoms with Crippen LogP contribution in [0.5, 0.6) is 5.75 Å². The summed E-state index contributed by atoms with van der Waals surface area (Å²) in [5.41, 5.74) is 0.378. The Kier molecular flexibility index (Phi) is 8.08. The van der Waals surface area contributed by atoms with Crippen LogP contribution >= 0.6 is 11.6 Å². The molecule has 1 atom stereocenters. The van der Waals surface area contributed by atoms with Gasteiger partial charge in [0.25, 0.3) is 5.91 Å². The Balaban J connectivity index is 1.62. The number of morpholine rings is 1. The van der Waals surface area contributed by atoms with Crippen molar-refractivity contribution in [3.8, 4) is 5.75 Å². The molecule has 1 unspecified atom stereocenters. The maximum absolute atomic E-state index is 13.7. The molecule has 9 nitrogen and oxygen atoms in total. The van der Waals surface area contributed by atoms with Crippen molar-refractivity contribution >= 4 is 39.1 Å². The number of carbonyl (C=O) groups is 2. The summed E-state index contributed by atoms with van der Waals surface area (Å²) in [5.74, 6) is -0.408. The van der Waals surface area contributed by atoms with Gasteiger partial charge in [0.05, 0.1) is 36.8 Å². The van der Waals surface area contributed by atoms with Gasteiger partial charge < -0.3 is 9.47 Å². The minimum atomic E-state index is -4.08. The standard InChI is InChI=1S/C24H28ClN3O6S/c1-2-34-20-7-5-19(6-8-20)28-23(29)17-22(24(28)30)27(12-11-26-13-15-33-16-14-26)35(31,32)21-9-3-18(25)4-10-21/h3-10,22H,2,11-17H2,1H3. The molecule has 2 heterocycles. The van der Waals surface area contributed by atoms with Crippen LogP contribution in [0.3, 0.4) is 0 Å². The van der Waals surface area contributed by atoms with E-state index in [9.17, 15) is 18.0 Å². The molecule has 2 saturated heterocycles. The van der Waals surface area contributed by atoms with Crippen molar-refractivity contribution < 1.29 is 27.5 Å². The van der Waals surface area contributed by atoms with Gasteiger partial charge in [-0.3, -0.25) is 14.5 Å². The van der Waals surface area contributed by atoms with E-state index in [1.807, 2.05) is 6.92 Å². The first kappa shape index (κ1) is 25.6. The van der Waals surface area contributed by atoms with E-state index >= 15 is 0 Å². The Morgan fingerprint density at radius 1 is 1.06 bits per heavy atom. The molecule has 2 amide bonds. The fraction of sp³-hybridized carbons (Fsp3) is 0.417. The lowest BCUT2D eigenvalue weighted by Crippen LogP contribution is -2.49. The third kappa shape index (κ3) is 5.68. The monoisotopic (exact) mass is 521 g/mol. The smallest absolute Gasteiger partial charge is 0.252 e. The quantitative estimate of drug-likeness (QED) is 0.467. The van der Waals surface area contributed by atoms with Crippen LogP contribution in [0.15, 0.2) is 53.4 Å². The summed E-state index contributed by atoms with van der Waals surface area (Å²) in [6.45, 7) is 5.30. The number of hydrogen-bond donors (Lipinski definition) is 0. The topological polar surface area (TPSA) is 96.5 Å². The minimum absolute atomic E-state index is 0.0173. The lowest BCUT2D eigenvalue weighted by atomic mass is 10.2. The summed E-state index contributed by atoms with van der Waals surface area (Å²) in [6.07, 6.45) is -0.234. The molecule has 0 N–H and O–H groups in total. The Labute approximate surface area is 210 Å². The van der Waals surface area contributed by atoms with Crippen LogP contribution in [0.4, 0.5) is 5.69 Å². The molecule has 35 heavy (non-hydrogen) atoms. The van der Waals surface area contributed by atoms with Crippen molar-refractivity contribution in [1.29, 1.82) is 0 Å². The Bertz CT molecular complexity index is 1150. The molecule has 2 fully saturated rings. The fourth-order valence-electron chi connectivity index (χ4n) is 4.22. The predicted molar refractivity (Wildman–Crippen MR) is 131 cm³/mol. The molecule has 0 spiro atoms. The first-order chi connectivity index (χ1) is 16.8. The van der Waals surface area contributed by atoms with Crippen LogP contribution in [0, 0.1) is 0 Å². The number of carbonyl (C=O) groups excluding carboxylic acids is 2. The van der Waals surface area contributed by atoms with E-state index in [1.54, 1.807) is 24.3 Å². The highest BCUT2D eigenvalue weighted by Crippen LogP contribution is 2.30. The molecule has 11 heteroatoms. The summed E-state index contributed by atoms with van der Waals surface area (Å²) < 4.78 is 39.3. The van der Waals surface area contributed by atoms with Gasteiger partial charge in [-0.2, -0.15) is 4.31 Å². The van der Waals surface area contributed by atoms with Crippen LogP contribution in [0.2, 0.25) is 5.02 Å². The van der Waals surface area contributed by atoms with E-state index in [2.05, 4.69) is 4.90 Å². The Morgan fingerprint density at radius 3 is 2.34 bits per heavy atom. The molecule has 0 radical (unpaired) electrons. The molecule has 188 valence electrons. The highest BCUT2D eigenvalue weighted by molar-refractivity contribution is 7.89. The molecule has 0 saturated carbocycles. The first-order valence-electron chi connectivity index (χ1n) is 11.5. The first-order valence-corrected chi connectivity index (χ1v) is 13.3. The van der Waals surface area contributed by atoms with Crippen LogP contribution in [-0.2, 0) is 24.3 Å². The lowest BCUT2D eigenvalue weighted by Gasteiger charge is -2.31. The molecule has 4 rings (SSSR count). The number of halogens is 1. The molecular formula is C24H28ClN3O6S. The molecule has 0 bridgehead atoms. The number of benzene rings is 2. The van der Waals surface area contributed by atoms with Crippen molar-refractivity contribution in [3.63, 3.8) is 0 Å². The average molecular weight is 522 g/mol. The van der Waals surface area contributed by atoms with Crippen molar-refractivity contribution in [2.45, 2.75) is 24.3 Å². The number of ether oxygens (including phenoxy) is 2. The number of nitrogens with zero attached hydrogens (tertiary/aromatic N) is 3. The Morgan fingerprint density at radius 2 is 1.71 bits per heavy atom. The minimum Gasteiger partial charge on any atom is -0.494 e. The molecule has 2 aromatic rings. The molecule has 2 aromatic carbocycles.